The van der Waals surface area contributed by atoms with E-state index in [1.807, 2.05) is 26.0 Å². The van der Waals surface area contributed by atoms with Gasteiger partial charge >= 0.3 is 0 Å². The monoisotopic (exact) mass is 446 g/mol. The van der Waals surface area contributed by atoms with E-state index in [-0.39, 0.29) is 22.1 Å². The average molecular weight is 447 g/mol. The van der Waals surface area contributed by atoms with Gasteiger partial charge in [0, 0.05) is 22.0 Å². The molecule has 0 aliphatic carbocycles. The van der Waals surface area contributed by atoms with Crippen LogP contribution in [0, 0.1) is 13.8 Å². The lowest BCUT2D eigenvalue weighted by Gasteiger charge is -2.19. The third-order valence-electron chi connectivity index (χ3n) is 4.78. The maximum atomic E-state index is 13.5. The molecule has 0 unspecified atom stereocenters. The fraction of sp³-hybridized carbons (Fsp3) is 0.174. The molecule has 3 rings (SSSR count). The van der Waals surface area contributed by atoms with Crippen molar-refractivity contribution in [1.82, 2.24) is 0 Å². The van der Waals surface area contributed by atoms with Crippen LogP contribution in [-0.2, 0) is 9.84 Å². The fourth-order valence-electron chi connectivity index (χ4n) is 3.07. The Labute approximate surface area is 181 Å². The quantitative estimate of drug-likeness (QED) is 0.411. The van der Waals surface area contributed by atoms with Gasteiger partial charge in [0.25, 0.3) is 0 Å². The van der Waals surface area contributed by atoms with E-state index in [1.165, 1.54) is 6.07 Å². The summed E-state index contributed by atoms with van der Waals surface area (Å²) in [6, 6.07) is 18.3. The van der Waals surface area contributed by atoms with Crippen LogP contribution in [0.25, 0.3) is 0 Å². The first-order chi connectivity index (χ1) is 13.7. The zero-order chi connectivity index (χ0) is 21.2. The van der Waals surface area contributed by atoms with Crippen molar-refractivity contribution in [2.24, 2.45) is 0 Å². The van der Waals surface area contributed by atoms with Crippen molar-refractivity contribution >= 4 is 38.8 Å². The normalized spacial score (nSPS) is 12.6. The molecule has 0 aliphatic rings. The summed E-state index contributed by atoms with van der Waals surface area (Å²) >= 11 is 12.3. The minimum absolute atomic E-state index is 0.149. The molecule has 0 radical (unpaired) electrons. The number of hydrogen-bond donors (Lipinski definition) is 0. The van der Waals surface area contributed by atoms with Crippen LogP contribution < -0.4 is 0 Å². The first kappa shape index (κ1) is 21.6. The summed E-state index contributed by atoms with van der Waals surface area (Å²) in [5.74, 6) is -0.267. The van der Waals surface area contributed by atoms with Crippen molar-refractivity contribution in [1.29, 1.82) is 0 Å². The van der Waals surface area contributed by atoms with E-state index in [2.05, 4.69) is 0 Å². The number of Topliss-reactive ketones (excluding diaryl/α,β-unsaturated/α-hetero) is 1. The topological polar surface area (TPSA) is 51.2 Å². The second-order valence-electron chi connectivity index (χ2n) is 7.01. The van der Waals surface area contributed by atoms with Crippen LogP contribution in [0.1, 0.15) is 38.7 Å². The lowest BCUT2D eigenvalue weighted by atomic mass is 10.0. The van der Waals surface area contributed by atoms with Crippen molar-refractivity contribution in [3.05, 3.63) is 99.0 Å². The van der Waals surface area contributed by atoms with Gasteiger partial charge in [-0.05, 0) is 43.7 Å². The number of carbonyl (C=O) groups excluding carboxylic acids is 1. The van der Waals surface area contributed by atoms with E-state index >= 15 is 0 Å². The van der Waals surface area contributed by atoms with Gasteiger partial charge in [-0.15, -0.1) is 0 Å². The summed E-state index contributed by atoms with van der Waals surface area (Å²) in [6.45, 7) is 3.80. The van der Waals surface area contributed by atoms with E-state index < -0.39 is 15.1 Å². The molecule has 0 fully saturated rings. The van der Waals surface area contributed by atoms with E-state index in [4.69, 9.17) is 23.2 Å². The smallest absolute Gasteiger partial charge is 0.185 e. The number of carbonyl (C=O) groups is 1. The van der Waals surface area contributed by atoms with E-state index in [0.29, 0.717) is 16.1 Å². The first-order valence-electron chi connectivity index (χ1n) is 9.04. The third-order valence-corrected chi connectivity index (χ3v) is 7.44. The summed E-state index contributed by atoms with van der Waals surface area (Å²) in [6.07, 6.45) is -0.222. The second kappa shape index (κ2) is 8.70. The van der Waals surface area contributed by atoms with Crippen molar-refractivity contribution in [3.63, 3.8) is 0 Å². The minimum atomic E-state index is -3.87. The van der Waals surface area contributed by atoms with Crippen LogP contribution in [0.4, 0.5) is 0 Å². The molecule has 0 spiro atoms. The minimum Gasteiger partial charge on any atom is -0.294 e. The Morgan fingerprint density at radius 2 is 1.41 bits per heavy atom. The maximum absolute atomic E-state index is 13.5. The summed E-state index contributed by atoms with van der Waals surface area (Å²) in [4.78, 5) is 13.1. The number of rotatable bonds is 6. The highest BCUT2D eigenvalue weighted by molar-refractivity contribution is 7.91. The lowest BCUT2D eigenvalue weighted by molar-refractivity contribution is 0.0981. The van der Waals surface area contributed by atoms with Gasteiger partial charge in [0.15, 0.2) is 15.6 Å². The predicted molar refractivity (Wildman–Crippen MR) is 118 cm³/mol. The van der Waals surface area contributed by atoms with E-state index in [1.54, 1.807) is 48.5 Å². The highest BCUT2D eigenvalue weighted by atomic mass is 35.5. The zero-order valence-electron chi connectivity index (χ0n) is 16.0. The Morgan fingerprint density at radius 3 is 1.97 bits per heavy atom. The van der Waals surface area contributed by atoms with Gasteiger partial charge in [-0.25, -0.2) is 8.42 Å². The number of halogens is 2. The van der Waals surface area contributed by atoms with E-state index in [9.17, 15) is 13.2 Å². The van der Waals surface area contributed by atoms with Crippen molar-refractivity contribution < 1.29 is 13.2 Å². The van der Waals surface area contributed by atoms with Crippen molar-refractivity contribution in [2.75, 3.05) is 0 Å². The maximum Gasteiger partial charge on any atom is 0.185 e. The van der Waals surface area contributed by atoms with Crippen LogP contribution in [0.15, 0.2) is 71.6 Å². The van der Waals surface area contributed by atoms with Gasteiger partial charge in [0.1, 0.15) is 0 Å². The number of ketones is 1. The van der Waals surface area contributed by atoms with Gasteiger partial charge in [-0.1, -0.05) is 76.8 Å². The van der Waals surface area contributed by atoms with Gasteiger partial charge in [-0.2, -0.15) is 0 Å². The molecule has 6 heteroatoms. The van der Waals surface area contributed by atoms with Crippen LogP contribution in [0.5, 0.6) is 0 Å². The molecule has 0 saturated heterocycles. The number of hydrogen-bond acceptors (Lipinski definition) is 3. The Morgan fingerprint density at radius 1 is 0.862 bits per heavy atom. The van der Waals surface area contributed by atoms with Crippen LogP contribution in [0.2, 0.25) is 10.0 Å². The Balaban J connectivity index is 2.07. The molecule has 0 N–H and O–H groups in total. The standard InChI is InChI=1S/C23H20Cl2O3S/c1-15-3-7-17(8-4-15)22(26)14-23(20-12-9-18(24)13-21(20)25)29(27,28)19-10-5-16(2)6-11-19/h3-13,23H,14H2,1-2H3/t23-/m0/s1. The molecule has 0 bridgehead atoms. The summed E-state index contributed by atoms with van der Waals surface area (Å²) in [5.41, 5.74) is 2.79. The molecular weight excluding hydrogens is 427 g/mol. The van der Waals surface area contributed by atoms with Crippen LogP contribution in [-0.4, -0.2) is 14.2 Å². The number of aryl methyl sites for hydroxylation is 2. The Bertz CT molecular complexity index is 1140. The van der Waals surface area contributed by atoms with Crippen molar-refractivity contribution in [3.8, 4) is 0 Å². The molecule has 0 aliphatic heterocycles. The molecule has 150 valence electrons. The summed E-state index contributed by atoms with van der Waals surface area (Å²) in [7, 11) is -3.87. The number of sulfone groups is 1. The Hall–Kier alpha value is -2.14. The van der Waals surface area contributed by atoms with Gasteiger partial charge in [0.2, 0.25) is 0 Å². The molecule has 0 aromatic heterocycles. The highest BCUT2D eigenvalue weighted by Gasteiger charge is 2.33. The Kier molecular flexibility index (Phi) is 6.47. The first-order valence-corrected chi connectivity index (χ1v) is 11.3. The molecule has 3 aromatic rings. The molecule has 0 amide bonds. The summed E-state index contributed by atoms with van der Waals surface area (Å²) < 4.78 is 26.9. The van der Waals surface area contributed by atoms with Crippen LogP contribution >= 0.6 is 23.2 Å². The SMILES string of the molecule is Cc1ccc(C(=O)C[C@@H](c2ccc(Cl)cc2Cl)S(=O)(=O)c2ccc(C)cc2)cc1. The molecule has 3 nitrogen and oxygen atoms in total. The third kappa shape index (κ3) is 4.89. The summed E-state index contributed by atoms with van der Waals surface area (Å²) in [5, 5.41) is -0.506. The van der Waals surface area contributed by atoms with Gasteiger partial charge in [0.05, 0.1) is 10.1 Å². The molecule has 0 saturated carbocycles. The molecule has 0 heterocycles. The molecule has 29 heavy (non-hydrogen) atoms. The van der Waals surface area contributed by atoms with Crippen molar-refractivity contribution in [2.45, 2.75) is 30.4 Å². The predicted octanol–water partition coefficient (Wildman–Crippen LogP) is 6.40. The van der Waals surface area contributed by atoms with E-state index in [0.717, 1.165) is 11.1 Å². The lowest BCUT2D eigenvalue weighted by Crippen LogP contribution is -2.18. The highest BCUT2D eigenvalue weighted by Crippen LogP contribution is 2.37. The van der Waals surface area contributed by atoms with Gasteiger partial charge < -0.3 is 0 Å². The largest absolute Gasteiger partial charge is 0.294 e. The fourth-order valence-corrected chi connectivity index (χ4v) is 5.43. The molecular formula is C23H20Cl2O3S. The second-order valence-corrected chi connectivity index (χ2v) is 9.98. The molecule has 1 atom stereocenters. The van der Waals surface area contributed by atoms with Crippen LogP contribution in [0.3, 0.4) is 0 Å². The average Bonchev–Trinajstić information content (AvgIpc) is 2.67. The zero-order valence-corrected chi connectivity index (χ0v) is 18.4. The number of benzene rings is 3. The van der Waals surface area contributed by atoms with Gasteiger partial charge in [-0.3, -0.25) is 4.79 Å². The molecule has 3 aromatic carbocycles.